The fourth-order valence-corrected chi connectivity index (χ4v) is 2.45. The van der Waals surface area contributed by atoms with Crippen LogP contribution in [0.3, 0.4) is 0 Å². The molecule has 0 aliphatic carbocycles. The largest absolute Gasteiger partial charge is 1.00 e. The van der Waals surface area contributed by atoms with Gasteiger partial charge in [-0.25, -0.2) is 0 Å². The summed E-state index contributed by atoms with van der Waals surface area (Å²) in [6.45, 7) is 3.19. The van der Waals surface area contributed by atoms with Crippen LogP contribution in [0, 0.1) is 0 Å². The third-order valence-electron chi connectivity index (χ3n) is 4.05. The van der Waals surface area contributed by atoms with Crippen LogP contribution >= 0.6 is 0 Å². The van der Waals surface area contributed by atoms with Crippen LogP contribution in [-0.2, 0) is 0 Å². The summed E-state index contributed by atoms with van der Waals surface area (Å²) in [5, 5.41) is 9.26. The summed E-state index contributed by atoms with van der Waals surface area (Å²) in [6.07, 6.45) is 9.41. The van der Waals surface area contributed by atoms with Gasteiger partial charge in [-0.15, -0.1) is 0 Å². The fraction of sp³-hybridized carbons (Fsp3) is 0.136. The van der Waals surface area contributed by atoms with E-state index >= 15 is 0 Å². The summed E-state index contributed by atoms with van der Waals surface area (Å²) < 4.78 is 9.92. The van der Waals surface area contributed by atoms with Crippen LogP contribution in [-0.4, -0.2) is 29.3 Å². The molecule has 4 aromatic rings. The van der Waals surface area contributed by atoms with Crippen molar-refractivity contribution in [3.63, 3.8) is 0 Å². The summed E-state index contributed by atoms with van der Waals surface area (Å²) in [6, 6.07) is 11.0. The number of aromatic nitrogens is 2. The van der Waals surface area contributed by atoms with Gasteiger partial charge in [0.1, 0.15) is 5.69 Å². The predicted molar refractivity (Wildman–Crippen MR) is 111 cm³/mol. The molecular weight excluding hydrogens is 390 g/mol. The summed E-state index contributed by atoms with van der Waals surface area (Å²) in [5.74, 6) is -0.0243. The smallest absolute Gasteiger partial charge is 1.00 e. The zero-order valence-electron chi connectivity index (χ0n) is 18.1. The van der Waals surface area contributed by atoms with E-state index in [1.165, 1.54) is 6.92 Å². The van der Waals surface area contributed by atoms with E-state index in [1.54, 1.807) is 50.4 Å². The van der Waals surface area contributed by atoms with Gasteiger partial charge in [0.2, 0.25) is 0 Å². The number of hydrogen-bond donors (Lipinski definition) is 1. The number of pyridine rings is 2. The van der Waals surface area contributed by atoms with Crippen molar-refractivity contribution in [2.24, 2.45) is 0 Å². The Hall–Kier alpha value is -2.45. The van der Waals surface area contributed by atoms with Crippen molar-refractivity contribution in [1.29, 1.82) is 0 Å². The summed E-state index contributed by atoms with van der Waals surface area (Å²) >= 11 is 0. The number of carbonyl (C=O) groups excluding carboxylic acids is 1. The topological polar surface area (TPSA) is 89.4 Å². The van der Waals surface area contributed by atoms with E-state index in [1.807, 2.05) is 30.3 Å². The second-order valence-corrected chi connectivity index (χ2v) is 6.16. The number of hydrogen-bond acceptors (Lipinski definition) is 6. The number of furan rings is 2. The molecule has 0 spiro atoms. The van der Waals surface area contributed by atoms with Gasteiger partial charge >= 0.3 is 29.6 Å². The number of aliphatic hydroxyl groups excluding tert-OH is 1. The zero-order chi connectivity index (χ0) is 19.9. The SMILES string of the molecule is CC(=O)c1ccc(-c2ccoc2)cn1.CC(O)c1ccc(-c2ccoc2)cn1.[B].[H-].[Na+]. The van der Waals surface area contributed by atoms with E-state index in [2.05, 4.69) is 9.97 Å². The second-order valence-electron chi connectivity index (χ2n) is 6.16. The maximum absolute atomic E-state index is 11.0. The van der Waals surface area contributed by atoms with Crippen LogP contribution in [0.15, 0.2) is 82.7 Å². The van der Waals surface area contributed by atoms with Crippen LogP contribution in [0.4, 0.5) is 0 Å². The number of Topliss-reactive ketones (excluding diaryl/α,β-unsaturated/α-hetero) is 1. The molecule has 4 heterocycles. The normalized spacial score (nSPS) is 10.6. The minimum atomic E-state index is -0.520. The molecule has 0 amide bonds. The Morgan fingerprint density at radius 3 is 1.77 bits per heavy atom. The van der Waals surface area contributed by atoms with Gasteiger partial charge in [-0.3, -0.25) is 14.8 Å². The van der Waals surface area contributed by atoms with Gasteiger partial charge in [-0.2, -0.15) is 0 Å². The van der Waals surface area contributed by atoms with Crippen molar-refractivity contribution in [2.45, 2.75) is 20.0 Å². The number of ketones is 1. The first-order chi connectivity index (χ1) is 13.5. The first kappa shape index (κ1) is 25.6. The molecule has 147 valence electrons. The zero-order valence-corrected chi connectivity index (χ0v) is 19.1. The van der Waals surface area contributed by atoms with Crippen LogP contribution in [0.2, 0.25) is 0 Å². The van der Waals surface area contributed by atoms with Crippen LogP contribution in [0.25, 0.3) is 22.3 Å². The van der Waals surface area contributed by atoms with E-state index < -0.39 is 6.10 Å². The molecule has 4 rings (SSSR count). The minimum absolute atomic E-state index is 0. The van der Waals surface area contributed by atoms with E-state index in [0.29, 0.717) is 11.4 Å². The Kier molecular flexibility index (Phi) is 10.5. The Balaban J connectivity index is 0.000000529. The Morgan fingerprint density at radius 2 is 1.43 bits per heavy atom. The van der Waals surface area contributed by atoms with Gasteiger partial charge in [-0.1, -0.05) is 12.1 Å². The van der Waals surface area contributed by atoms with Crippen LogP contribution < -0.4 is 29.6 Å². The number of nitrogens with zero attached hydrogens (tertiary/aromatic N) is 2. The van der Waals surface area contributed by atoms with Gasteiger partial charge in [0.15, 0.2) is 5.78 Å². The molecule has 6 nitrogen and oxygen atoms in total. The monoisotopic (exact) mass is 411 g/mol. The molecule has 3 radical (unpaired) electrons. The molecule has 8 heteroatoms. The van der Waals surface area contributed by atoms with Crippen molar-refractivity contribution in [1.82, 2.24) is 9.97 Å². The molecule has 0 aliphatic heterocycles. The second kappa shape index (κ2) is 12.3. The fourth-order valence-electron chi connectivity index (χ4n) is 2.45. The summed E-state index contributed by atoms with van der Waals surface area (Å²) in [7, 11) is 0. The third kappa shape index (κ3) is 6.81. The van der Waals surface area contributed by atoms with E-state index in [4.69, 9.17) is 8.83 Å². The van der Waals surface area contributed by atoms with Gasteiger partial charge in [0, 0.05) is 50.0 Å². The maximum Gasteiger partial charge on any atom is 1.00 e. The Morgan fingerprint density at radius 1 is 0.900 bits per heavy atom. The molecule has 1 atom stereocenters. The van der Waals surface area contributed by atoms with Crippen molar-refractivity contribution in [2.75, 3.05) is 0 Å². The van der Waals surface area contributed by atoms with Gasteiger partial charge in [0.25, 0.3) is 0 Å². The molecule has 1 N–H and O–H groups in total. The number of rotatable bonds is 4. The molecule has 0 saturated carbocycles. The molecular formula is C22H21BN2NaO4. The van der Waals surface area contributed by atoms with E-state index in [9.17, 15) is 9.90 Å². The number of aliphatic hydroxyl groups is 1. The number of carbonyl (C=O) groups is 1. The molecule has 0 fully saturated rings. The van der Waals surface area contributed by atoms with E-state index in [0.717, 1.165) is 22.3 Å². The van der Waals surface area contributed by atoms with Crippen LogP contribution in [0.5, 0.6) is 0 Å². The maximum atomic E-state index is 11.0. The van der Waals surface area contributed by atoms with Crippen LogP contribution in [0.1, 0.15) is 37.6 Å². The first-order valence-corrected chi connectivity index (χ1v) is 8.70. The Labute approximate surface area is 200 Å². The molecule has 0 bridgehead atoms. The molecule has 1 unspecified atom stereocenters. The van der Waals surface area contributed by atoms with Crippen molar-refractivity contribution < 1.29 is 49.7 Å². The Bertz CT molecular complexity index is 1010. The van der Waals surface area contributed by atoms with E-state index in [-0.39, 0.29) is 45.2 Å². The molecule has 30 heavy (non-hydrogen) atoms. The molecule has 0 aliphatic rings. The van der Waals surface area contributed by atoms with Crippen molar-refractivity contribution >= 4 is 14.2 Å². The quantitative estimate of drug-likeness (QED) is 0.406. The average Bonchev–Trinajstić information content (AvgIpc) is 3.43. The summed E-state index contributed by atoms with van der Waals surface area (Å²) in [4.78, 5) is 19.1. The van der Waals surface area contributed by atoms with Crippen molar-refractivity contribution in [3.05, 3.63) is 85.2 Å². The standard InChI is InChI=1S/C11H11NO2.C11H9NO2.B.Na.H/c2*1-8(13)11-3-2-9(6-12-11)10-4-5-14-7-10;;;/h2-8,13H,1H3;2-7H,1H3;;;/q;;;+1;-1. The third-order valence-corrected chi connectivity index (χ3v) is 4.05. The van der Waals surface area contributed by atoms with Crippen molar-refractivity contribution in [3.8, 4) is 22.3 Å². The van der Waals surface area contributed by atoms with Gasteiger partial charge in [-0.05, 0) is 31.2 Å². The van der Waals surface area contributed by atoms with Gasteiger partial charge in [0.05, 0.1) is 36.9 Å². The molecule has 0 aromatic carbocycles. The van der Waals surface area contributed by atoms with Gasteiger partial charge < -0.3 is 15.4 Å². The molecule has 4 aromatic heterocycles. The molecule has 0 saturated heterocycles. The first-order valence-electron chi connectivity index (χ1n) is 8.70. The average molecular weight is 411 g/mol. The summed E-state index contributed by atoms with van der Waals surface area (Å²) in [5.41, 5.74) is 5.06. The minimum Gasteiger partial charge on any atom is -1.00 e. The predicted octanol–water partition coefficient (Wildman–Crippen LogP) is 1.67.